The fourth-order valence-electron chi connectivity index (χ4n) is 1.63. The first-order valence-corrected chi connectivity index (χ1v) is 8.16. The predicted molar refractivity (Wildman–Crippen MR) is 90.1 cm³/mol. The Labute approximate surface area is 134 Å². The Balaban J connectivity index is 2.00. The number of benzene rings is 1. The van der Waals surface area contributed by atoms with Crippen molar-refractivity contribution in [3.8, 4) is 5.75 Å². The molecule has 1 amide bonds. The molecule has 0 aliphatic heterocycles. The maximum absolute atomic E-state index is 11.5. The lowest BCUT2D eigenvalue weighted by Gasteiger charge is -2.07. The van der Waals surface area contributed by atoms with Crippen molar-refractivity contribution in [3.63, 3.8) is 0 Å². The Morgan fingerprint density at radius 1 is 1.20 bits per heavy atom. The van der Waals surface area contributed by atoms with Crippen LogP contribution in [0.25, 0.3) is 0 Å². The lowest BCUT2D eigenvalue weighted by molar-refractivity contribution is -0.121. The zero-order valence-corrected chi connectivity index (χ0v) is 14.1. The quantitative estimate of drug-likeness (QED) is 0.477. The minimum Gasteiger partial charge on any atom is -0.494 e. The topological polar surface area (TPSA) is 50.4 Å². The number of hydrogen-bond acceptors (Lipinski definition) is 3. The second-order valence-corrected chi connectivity index (χ2v) is 5.75. The van der Waals surface area contributed by atoms with Crippen LogP contribution in [0, 0.1) is 3.57 Å². The number of halogens is 1. The molecule has 0 saturated carbocycles. The lowest BCUT2D eigenvalue weighted by Crippen LogP contribution is -2.32. The molecule has 0 unspecified atom stereocenters. The highest BCUT2D eigenvalue weighted by Crippen LogP contribution is 2.13. The third kappa shape index (κ3) is 8.37. The Hall–Kier alpha value is -0.820. The van der Waals surface area contributed by atoms with Gasteiger partial charge in [0.15, 0.2) is 0 Å². The van der Waals surface area contributed by atoms with Crippen LogP contribution < -0.4 is 15.4 Å². The number of hydrogen-bond donors (Lipinski definition) is 2. The van der Waals surface area contributed by atoms with Crippen molar-refractivity contribution < 1.29 is 9.53 Å². The summed E-state index contributed by atoms with van der Waals surface area (Å²) < 4.78 is 6.76. The molecule has 0 atom stereocenters. The Bertz CT molecular complexity index is 382. The van der Waals surface area contributed by atoms with Crippen LogP contribution in [-0.2, 0) is 4.79 Å². The third-order valence-electron chi connectivity index (χ3n) is 2.68. The van der Waals surface area contributed by atoms with Gasteiger partial charge in [-0.3, -0.25) is 4.79 Å². The first kappa shape index (κ1) is 17.2. The summed E-state index contributed by atoms with van der Waals surface area (Å²) in [5, 5.41) is 6.13. The number of carbonyl (C=O) groups excluding carboxylic acids is 1. The van der Waals surface area contributed by atoms with Crippen molar-refractivity contribution in [2.75, 3.05) is 26.2 Å². The molecule has 0 fully saturated rings. The molecule has 0 bridgehead atoms. The Morgan fingerprint density at radius 3 is 2.65 bits per heavy atom. The van der Waals surface area contributed by atoms with Gasteiger partial charge in [-0.25, -0.2) is 0 Å². The molecule has 0 aliphatic carbocycles. The molecule has 0 aliphatic rings. The van der Waals surface area contributed by atoms with Crippen molar-refractivity contribution in [3.05, 3.63) is 27.8 Å². The molecule has 1 rings (SSSR count). The summed E-state index contributed by atoms with van der Waals surface area (Å²) in [5.41, 5.74) is 0. The number of amides is 1. The second kappa shape index (κ2) is 10.9. The molecule has 1 aromatic carbocycles. The molecule has 0 saturated heterocycles. The van der Waals surface area contributed by atoms with Gasteiger partial charge in [-0.2, -0.15) is 0 Å². The number of ether oxygens (including phenoxy) is 1. The summed E-state index contributed by atoms with van der Waals surface area (Å²) in [6, 6.07) is 7.90. The average molecular weight is 390 g/mol. The number of carbonyl (C=O) groups is 1. The SMILES string of the molecule is CCCNCCNC(=O)CCCOc1ccc(I)cc1. The summed E-state index contributed by atoms with van der Waals surface area (Å²) in [7, 11) is 0. The van der Waals surface area contributed by atoms with E-state index in [1.54, 1.807) is 0 Å². The summed E-state index contributed by atoms with van der Waals surface area (Å²) in [5.74, 6) is 0.948. The molecule has 5 heteroatoms. The zero-order valence-electron chi connectivity index (χ0n) is 12.0. The predicted octanol–water partition coefficient (Wildman–Crippen LogP) is 2.57. The maximum Gasteiger partial charge on any atom is 0.220 e. The normalized spacial score (nSPS) is 10.3. The van der Waals surface area contributed by atoms with Gasteiger partial charge < -0.3 is 15.4 Å². The molecule has 2 N–H and O–H groups in total. The van der Waals surface area contributed by atoms with E-state index in [0.717, 1.165) is 31.7 Å². The zero-order chi connectivity index (χ0) is 14.6. The van der Waals surface area contributed by atoms with Crippen LogP contribution in [0.4, 0.5) is 0 Å². The van der Waals surface area contributed by atoms with E-state index in [2.05, 4.69) is 40.1 Å². The lowest BCUT2D eigenvalue weighted by atomic mass is 10.3. The van der Waals surface area contributed by atoms with Gasteiger partial charge in [0.1, 0.15) is 5.75 Å². The fourth-order valence-corrected chi connectivity index (χ4v) is 1.99. The highest BCUT2D eigenvalue weighted by Gasteiger charge is 2.00. The van der Waals surface area contributed by atoms with Gasteiger partial charge in [-0.05, 0) is 66.2 Å². The monoisotopic (exact) mass is 390 g/mol. The molecule has 0 heterocycles. The number of nitrogens with one attached hydrogen (secondary N) is 2. The van der Waals surface area contributed by atoms with E-state index in [4.69, 9.17) is 4.74 Å². The van der Waals surface area contributed by atoms with Crippen molar-refractivity contribution in [2.24, 2.45) is 0 Å². The average Bonchev–Trinajstić information content (AvgIpc) is 2.45. The molecule has 4 nitrogen and oxygen atoms in total. The largest absolute Gasteiger partial charge is 0.494 e. The van der Waals surface area contributed by atoms with Gasteiger partial charge in [0.05, 0.1) is 6.61 Å². The van der Waals surface area contributed by atoms with E-state index in [-0.39, 0.29) is 5.91 Å². The fraction of sp³-hybridized carbons (Fsp3) is 0.533. The minimum absolute atomic E-state index is 0.0921. The molecule has 0 spiro atoms. The molecule has 1 aromatic rings. The first-order valence-electron chi connectivity index (χ1n) is 7.08. The Morgan fingerprint density at radius 2 is 1.95 bits per heavy atom. The van der Waals surface area contributed by atoms with Crippen molar-refractivity contribution in [1.82, 2.24) is 10.6 Å². The van der Waals surface area contributed by atoms with E-state index < -0.39 is 0 Å². The van der Waals surface area contributed by atoms with Crippen LogP contribution in [-0.4, -0.2) is 32.1 Å². The van der Waals surface area contributed by atoms with Crippen molar-refractivity contribution in [1.29, 1.82) is 0 Å². The summed E-state index contributed by atoms with van der Waals surface area (Å²) >= 11 is 2.26. The molecule has 20 heavy (non-hydrogen) atoms. The van der Waals surface area contributed by atoms with E-state index in [0.29, 0.717) is 19.6 Å². The van der Waals surface area contributed by atoms with Crippen LogP contribution in [0.3, 0.4) is 0 Å². The Kier molecular flexibility index (Phi) is 9.40. The smallest absolute Gasteiger partial charge is 0.220 e. The standard InChI is InChI=1S/C15H23IN2O2/c1-2-9-17-10-11-18-15(19)4-3-12-20-14-7-5-13(16)6-8-14/h5-8,17H,2-4,9-12H2,1H3,(H,18,19). The summed E-state index contributed by atoms with van der Waals surface area (Å²) in [6.07, 6.45) is 2.36. The highest BCUT2D eigenvalue weighted by molar-refractivity contribution is 14.1. The molecular weight excluding hydrogens is 367 g/mol. The summed E-state index contributed by atoms with van der Waals surface area (Å²) in [6.45, 7) is 5.22. The van der Waals surface area contributed by atoms with Gasteiger partial charge in [-0.1, -0.05) is 6.92 Å². The van der Waals surface area contributed by atoms with Crippen LogP contribution in [0.1, 0.15) is 26.2 Å². The minimum atomic E-state index is 0.0921. The molecular formula is C15H23IN2O2. The van der Waals surface area contributed by atoms with Gasteiger partial charge >= 0.3 is 0 Å². The first-order chi connectivity index (χ1) is 9.72. The van der Waals surface area contributed by atoms with E-state index in [9.17, 15) is 4.79 Å². The summed E-state index contributed by atoms with van der Waals surface area (Å²) in [4.78, 5) is 11.5. The van der Waals surface area contributed by atoms with E-state index in [1.807, 2.05) is 24.3 Å². The van der Waals surface area contributed by atoms with E-state index >= 15 is 0 Å². The van der Waals surface area contributed by atoms with Gasteiger partial charge in [0.25, 0.3) is 0 Å². The van der Waals surface area contributed by atoms with Gasteiger partial charge in [0.2, 0.25) is 5.91 Å². The molecule has 0 radical (unpaired) electrons. The second-order valence-electron chi connectivity index (χ2n) is 4.51. The highest BCUT2D eigenvalue weighted by atomic mass is 127. The number of rotatable bonds is 10. The van der Waals surface area contributed by atoms with Crippen molar-refractivity contribution >= 4 is 28.5 Å². The van der Waals surface area contributed by atoms with Crippen LogP contribution >= 0.6 is 22.6 Å². The third-order valence-corrected chi connectivity index (χ3v) is 3.40. The molecule has 112 valence electrons. The van der Waals surface area contributed by atoms with Crippen LogP contribution in [0.2, 0.25) is 0 Å². The van der Waals surface area contributed by atoms with Gasteiger partial charge in [-0.15, -0.1) is 0 Å². The van der Waals surface area contributed by atoms with Crippen LogP contribution in [0.5, 0.6) is 5.75 Å². The van der Waals surface area contributed by atoms with E-state index in [1.165, 1.54) is 3.57 Å². The van der Waals surface area contributed by atoms with Crippen LogP contribution in [0.15, 0.2) is 24.3 Å². The maximum atomic E-state index is 11.5. The van der Waals surface area contributed by atoms with Crippen molar-refractivity contribution in [2.45, 2.75) is 26.2 Å². The molecule has 0 aromatic heterocycles. The van der Waals surface area contributed by atoms with Gasteiger partial charge in [0, 0.05) is 23.1 Å².